The number of hydrogen-bond donors (Lipinski definition) is 2. The molecule has 0 saturated carbocycles. The second kappa shape index (κ2) is 3.61. The molecule has 1 aromatic rings. The zero-order chi connectivity index (χ0) is 10.8. The number of rotatable bonds is 2. The highest BCUT2D eigenvalue weighted by Crippen LogP contribution is 2.23. The molecule has 0 atom stereocenters. The van der Waals surface area contributed by atoms with Gasteiger partial charge in [0.15, 0.2) is 0 Å². The molecule has 1 aliphatic heterocycles. The van der Waals surface area contributed by atoms with Gasteiger partial charge in [-0.2, -0.15) is 5.10 Å². The van der Waals surface area contributed by atoms with Gasteiger partial charge in [-0.3, -0.25) is 5.01 Å². The van der Waals surface area contributed by atoms with E-state index >= 15 is 0 Å². The first kappa shape index (κ1) is 9.51. The second-order valence-electron chi connectivity index (χ2n) is 3.24. The Morgan fingerprint density at radius 1 is 1.47 bits per heavy atom. The number of carbonyl (C=O) groups is 1. The van der Waals surface area contributed by atoms with Crippen LogP contribution in [0.15, 0.2) is 29.4 Å². The van der Waals surface area contributed by atoms with Crippen LogP contribution in [0.1, 0.15) is 6.42 Å². The average Bonchev–Trinajstić information content (AvgIpc) is 2.66. The molecule has 1 heterocycles. The van der Waals surface area contributed by atoms with Crippen LogP contribution in [0.2, 0.25) is 0 Å². The molecule has 0 fully saturated rings. The van der Waals surface area contributed by atoms with E-state index in [0.717, 1.165) is 0 Å². The molecule has 78 valence electrons. The lowest BCUT2D eigenvalue weighted by atomic mass is 10.2. The molecule has 15 heavy (non-hydrogen) atoms. The molecule has 0 saturated heterocycles. The summed E-state index contributed by atoms with van der Waals surface area (Å²) >= 11 is 0. The summed E-state index contributed by atoms with van der Waals surface area (Å²) < 4.78 is 0. The molecule has 5 nitrogen and oxygen atoms in total. The fraction of sp³-hybridized carbons (Fsp3) is 0.200. The van der Waals surface area contributed by atoms with Crippen LogP contribution in [0.25, 0.3) is 0 Å². The summed E-state index contributed by atoms with van der Waals surface area (Å²) in [7, 11) is 0. The van der Waals surface area contributed by atoms with Gasteiger partial charge in [0.25, 0.3) is 0 Å². The number of carboxylic acid groups (broad SMARTS) is 1. The largest absolute Gasteiger partial charge is 0.508 e. The van der Waals surface area contributed by atoms with E-state index in [4.69, 9.17) is 5.11 Å². The van der Waals surface area contributed by atoms with Crippen molar-refractivity contribution in [3.8, 4) is 5.75 Å². The lowest BCUT2D eigenvalue weighted by molar-refractivity contribution is -0.129. The molecule has 0 amide bonds. The summed E-state index contributed by atoms with van der Waals surface area (Å²) in [5, 5.41) is 23.5. The Balaban J connectivity index is 2.24. The van der Waals surface area contributed by atoms with Crippen LogP contribution in [-0.2, 0) is 4.79 Å². The average molecular weight is 206 g/mol. The van der Waals surface area contributed by atoms with Gasteiger partial charge in [-0.15, -0.1) is 0 Å². The van der Waals surface area contributed by atoms with Gasteiger partial charge < -0.3 is 10.2 Å². The Bertz CT molecular complexity index is 428. The summed E-state index contributed by atoms with van der Waals surface area (Å²) in [5.41, 5.74) is 0.851. The van der Waals surface area contributed by atoms with Crippen LogP contribution in [0.5, 0.6) is 5.75 Å². The highest BCUT2D eigenvalue weighted by atomic mass is 16.4. The fourth-order valence-electron chi connectivity index (χ4n) is 1.45. The normalized spacial score (nSPS) is 15.2. The molecule has 0 aromatic heterocycles. The first-order valence-corrected chi connectivity index (χ1v) is 4.54. The molecule has 0 bridgehead atoms. The second-order valence-corrected chi connectivity index (χ2v) is 3.24. The molecular formula is C10H10N2O3. The van der Waals surface area contributed by atoms with E-state index in [9.17, 15) is 9.90 Å². The van der Waals surface area contributed by atoms with E-state index < -0.39 is 5.97 Å². The number of anilines is 1. The highest BCUT2D eigenvalue weighted by molar-refractivity contribution is 6.36. The fourth-order valence-corrected chi connectivity index (χ4v) is 1.45. The van der Waals surface area contributed by atoms with Crippen LogP contribution in [0.3, 0.4) is 0 Å². The van der Waals surface area contributed by atoms with Crippen molar-refractivity contribution in [2.75, 3.05) is 11.6 Å². The number of aliphatic carboxylic acids is 1. The first-order valence-electron chi connectivity index (χ1n) is 4.54. The van der Waals surface area contributed by atoms with Gasteiger partial charge in [-0.1, -0.05) is 6.07 Å². The summed E-state index contributed by atoms with van der Waals surface area (Å²) in [6.45, 7) is 0.533. The third kappa shape index (κ3) is 1.90. The van der Waals surface area contributed by atoms with Crippen LogP contribution in [0, 0.1) is 0 Å². The van der Waals surface area contributed by atoms with Gasteiger partial charge in [0.05, 0.1) is 5.69 Å². The van der Waals surface area contributed by atoms with Crippen molar-refractivity contribution in [3.63, 3.8) is 0 Å². The van der Waals surface area contributed by atoms with Crippen LogP contribution in [0.4, 0.5) is 5.69 Å². The summed E-state index contributed by atoms with van der Waals surface area (Å²) in [5.74, 6) is -0.843. The Labute approximate surface area is 86.3 Å². The Morgan fingerprint density at radius 3 is 2.87 bits per heavy atom. The maximum absolute atomic E-state index is 10.6. The number of hydrazone groups is 1. The maximum Gasteiger partial charge on any atom is 0.352 e. The molecule has 0 unspecified atom stereocenters. The highest BCUT2D eigenvalue weighted by Gasteiger charge is 2.20. The Hall–Kier alpha value is -2.04. The quantitative estimate of drug-likeness (QED) is 0.758. The van der Waals surface area contributed by atoms with Crippen LogP contribution in [-0.4, -0.2) is 28.4 Å². The number of hydrogen-bond acceptors (Lipinski definition) is 4. The van der Waals surface area contributed by atoms with Gasteiger partial charge in [-0.05, 0) is 12.1 Å². The predicted octanol–water partition coefficient (Wildman–Crippen LogP) is 1.04. The van der Waals surface area contributed by atoms with Gasteiger partial charge in [0.1, 0.15) is 11.5 Å². The minimum atomic E-state index is -0.988. The maximum atomic E-state index is 10.6. The Kier molecular flexibility index (Phi) is 2.29. The lowest BCUT2D eigenvalue weighted by Crippen LogP contribution is -2.11. The van der Waals surface area contributed by atoms with Crippen molar-refractivity contribution >= 4 is 17.4 Å². The summed E-state index contributed by atoms with van der Waals surface area (Å²) in [4.78, 5) is 10.6. The molecule has 0 spiro atoms. The van der Waals surface area contributed by atoms with Crippen molar-refractivity contribution in [1.29, 1.82) is 0 Å². The first-order chi connectivity index (χ1) is 7.16. The van der Waals surface area contributed by atoms with Crippen LogP contribution >= 0.6 is 0 Å². The number of nitrogens with zero attached hydrogens (tertiary/aromatic N) is 2. The minimum Gasteiger partial charge on any atom is -0.508 e. The van der Waals surface area contributed by atoms with Crippen molar-refractivity contribution in [2.45, 2.75) is 6.42 Å². The number of phenols is 1. The zero-order valence-electron chi connectivity index (χ0n) is 7.92. The number of carboxylic acids is 1. The van der Waals surface area contributed by atoms with E-state index in [2.05, 4.69) is 5.10 Å². The van der Waals surface area contributed by atoms with Crippen molar-refractivity contribution < 1.29 is 15.0 Å². The van der Waals surface area contributed by atoms with Gasteiger partial charge >= 0.3 is 5.97 Å². The SMILES string of the molecule is O=C(O)C1=NN(c2cccc(O)c2)CC1. The van der Waals surface area contributed by atoms with E-state index in [0.29, 0.717) is 18.7 Å². The minimum absolute atomic E-state index is 0.145. The monoisotopic (exact) mass is 206 g/mol. The number of benzene rings is 1. The van der Waals surface area contributed by atoms with Crippen LogP contribution < -0.4 is 5.01 Å². The van der Waals surface area contributed by atoms with Gasteiger partial charge in [-0.25, -0.2) is 4.79 Å². The van der Waals surface area contributed by atoms with E-state index in [1.807, 2.05) is 0 Å². The molecule has 1 aliphatic rings. The zero-order valence-corrected chi connectivity index (χ0v) is 7.92. The third-order valence-corrected chi connectivity index (χ3v) is 2.18. The molecule has 1 aromatic carbocycles. The molecular weight excluding hydrogens is 196 g/mol. The van der Waals surface area contributed by atoms with E-state index in [1.165, 1.54) is 0 Å². The topological polar surface area (TPSA) is 73.1 Å². The smallest absolute Gasteiger partial charge is 0.352 e. The predicted molar refractivity (Wildman–Crippen MR) is 55.1 cm³/mol. The van der Waals surface area contributed by atoms with Gasteiger partial charge in [0, 0.05) is 19.0 Å². The van der Waals surface area contributed by atoms with Gasteiger partial charge in [0.2, 0.25) is 0 Å². The molecule has 5 heteroatoms. The summed E-state index contributed by atoms with van der Waals surface area (Å²) in [6.07, 6.45) is 0.422. The van der Waals surface area contributed by atoms with Crippen molar-refractivity contribution in [3.05, 3.63) is 24.3 Å². The van der Waals surface area contributed by atoms with Crippen molar-refractivity contribution in [2.24, 2.45) is 5.10 Å². The van der Waals surface area contributed by atoms with Crippen molar-refractivity contribution in [1.82, 2.24) is 0 Å². The van der Waals surface area contributed by atoms with E-state index in [1.54, 1.807) is 29.3 Å². The third-order valence-electron chi connectivity index (χ3n) is 2.18. The summed E-state index contributed by atoms with van der Waals surface area (Å²) in [6, 6.07) is 6.57. The molecule has 0 aliphatic carbocycles. The number of phenolic OH excluding ortho intramolecular Hbond substituents is 1. The molecule has 2 rings (SSSR count). The standard InChI is InChI=1S/C10H10N2O3/c13-8-3-1-2-7(6-8)12-5-4-9(11-12)10(14)15/h1-3,6,13H,4-5H2,(H,14,15). The molecule has 0 radical (unpaired) electrons. The number of aromatic hydroxyl groups is 1. The Morgan fingerprint density at radius 2 is 2.27 bits per heavy atom. The van der Waals surface area contributed by atoms with E-state index in [-0.39, 0.29) is 11.5 Å². The molecule has 2 N–H and O–H groups in total. The lowest BCUT2D eigenvalue weighted by Gasteiger charge is -2.12.